The van der Waals surface area contributed by atoms with E-state index in [4.69, 9.17) is 15.2 Å². The van der Waals surface area contributed by atoms with Crippen LogP contribution in [-0.4, -0.2) is 43.7 Å². The molecule has 0 aromatic heterocycles. The van der Waals surface area contributed by atoms with Gasteiger partial charge in [-0.3, -0.25) is 4.79 Å². The Hall–Kier alpha value is -1.75. The number of likely N-dealkylation sites (N-methyl/N-ethyl adjacent to an activating group) is 1. The van der Waals surface area contributed by atoms with Crippen LogP contribution in [0.15, 0.2) is 24.3 Å². The van der Waals surface area contributed by atoms with Crippen molar-refractivity contribution in [1.29, 1.82) is 0 Å². The summed E-state index contributed by atoms with van der Waals surface area (Å²) in [6.07, 6.45) is 0. The lowest BCUT2D eigenvalue weighted by Gasteiger charge is -2.20. The van der Waals surface area contributed by atoms with E-state index in [1.54, 1.807) is 17.0 Å². The first-order valence-corrected chi connectivity index (χ1v) is 6.54. The summed E-state index contributed by atoms with van der Waals surface area (Å²) in [5.41, 5.74) is 5.45. The summed E-state index contributed by atoms with van der Waals surface area (Å²) >= 11 is 0. The lowest BCUT2D eigenvalue weighted by molar-refractivity contribution is -0.133. The van der Waals surface area contributed by atoms with E-state index in [1.165, 1.54) is 0 Å². The molecule has 5 heteroatoms. The van der Waals surface area contributed by atoms with Crippen molar-refractivity contribution in [3.05, 3.63) is 24.3 Å². The predicted molar refractivity (Wildman–Crippen MR) is 74.4 cm³/mol. The van der Waals surface area contributed by atoms with Crippen LogP contribution in [0.3, 0.4) is 0 Å². The van der Waals surface area contributed by atoms with Crippen molar-refractivity contribution < 1.29 is 14.3 Å². The summed E-state index contributed by atoms with van der Waals surface area (Å²) in [4.78, 5) is 13.5. The number of hydrogen-bond acceptors (Lipinski definition) is 4. The first-order valence-electron chi connectivity index (χ1n) is 6.54. The molecule has 1 rings (SSSR count). The van der Waals surface area contributed by atoms with Gasteiger partial charge in [-0.25, -0.2) is 0 Å². The van der Waals surface area contributed by atoms with E-state index in [1.807, 2.05) is 26.0 Å². The molecule has 19 heavy (non-hydrogen) atoms. The fourth-order valence-electron chi connectivity index (χ4n) is 1.65. The smallest absolute Gasteiger partial charge is 0.260 e. The zero-order valence-corrected chi connectivity index (χ0v) is 11.6. The Kier molecular flexibility index (Phi) is 6.74. The van der Waals surface area contributed by atoms with E-state index < -0.39 is 0 Å². The van der Waals surface area contributed by atoms with Crippen LogP contribution < -0.4 is 15.2 Å². The molecule has 0 bridgehead atoms. The summed E-state index contributed by atoms with van der Waals surface area (Å²) in [7, 11) is 0. The van der Waals surface area contributed by atoms with Crippen LogP contribution >= 0.6 is 0 Å². The summed E-state index contributed by atoms with van der Waals surface area (Å²) in [5.74, 6) is 1.39. The number of rotatable bonds is 8. The molecule has 1 amide bonds. The Bertz CT molecular complexity index is 379. The van der Waals surface area contributed by atoms with Gasteiger partial charge in [-0.15, -0.1) is 0 Å². The highest BCUT2D eigenvalue weighted by Gasteiger charge is 2.11. The van der Waals surface area contributed by atoms with Gasteiger partial charge in [0.2, 0.25) is 0 Å². The SMILES string of the molecule is CCOc1ccc(OCC(=O)N(CC)CCN)cc1. The maximum absolute atomic E-state index is 11.8. The topological polar surface area (TPSA) is 64.8 Å². The molecule has 0 aliphatic heterocycles. The second-order valence-electron chi connectivity index (χ2n) is 3.96. The average molecular weight is 266 g/mol. The van der Waals surface area contributed by atoms with E-state index >= 15 is 0 Å². The van der Waals surface area contributed by atoms with E-state index in [-0.39, 0.29) is 12.5 Å². The second-order valence-corrected chi connectivity index (χ2v) is 3.96. The van der Waals surface area contributed by atoms with Gasteiger partial charge in [0.25, 0.3) is 5.91 Å². The van der Waals surface area contributed by atoms with Gasteiger partial charge in [0.1, 0.15) is 11.5 Å². The molecule has 0 aliphatic rings. The molecule has 5 nitrogen and oxygen atoms in total. The summed E-state index contributed by atoms with van der Waals surface area (Å²) in [5, 5.41) is 0. The third-order valence-corrected chi connectivity index (χ3v) is 2.63. The van der Waals surface area contributed by atoms with Crippen molar-refractivity contribution in [3.63, 3.8) is 0 Å². The first kappa shape index (κ1) is 15.3. The van der Waals surface area contributed by atoms with Crippen molar-refractivity contribution in [2.24, 2.45) is 5.73 Å². The minimum absolute atomic E-state index is 0.0296. The van der Waals surface area contributed by atoms with Gasteiger partial charge >= 0.3 is 0 Å². The number of hydrogen-bond donors (Lipinski definition) is 1. The molecule has 1 aromatic carbocycles. The van der Waals surface area contributed by atoms with Gasteiger partial charge in [0.15, 0.2) is 6.61 Å². The van der Waals surface area contributed by atoms with Gasteiger partial charge < -0.3 is 20.1 Å². The number of carbonyl (C=O) groups excluding carboxylic acids is 1. The highest BCUT2D eigenvalue weighted by atomic mass is 16.5. The predicted octanol–water partition coefficient (Wildman–Crippen LogP) is 1.27. The van der Waals surface area contributed by atoms with E-state index in [2.05, 4.69) is 0 Å². The van der Waals surface area contributed by atoms with Crippen molar-refractivity contribution in [1.82, 2.24) is 4.90 Å². The van der Waals surface area contributed by atoms with Gasteiger partial charge in [-0.2, -0.15) is 0 Å². The molecule has 2 N–H and O–H groups in total. The van der Waals surface area contributed by atoms with Gasteiger partial charge in [0, 0.05) is 19.6 Å². The molecule has 0 heterocycles. The Morgan fingerprint density at radius 1 is 1.16 bits per heavy atom. The number of carbonyl (C=O) groups is 1. The lowest BCUT2D eigenvalue weighted by Crippen LogP contribution is -2.38. The molecular weight excluding hydrogens is 244 g/mol. The molecule has 0 fully saturated rings. The van der Waals surface area contributed by atoms with Gasteiger partial charge in [-0.1, -0.05) is 0 Å². The maximum atomic E-state index is 11.8. The Labute approximate surface area is 114 Å². The Balaban J connectivity index is 2.45. The van der Waals surface area contributed by atoms with E-state index in [0.717, 1.165) is 5.75 Å². The third-order valence-electron chi connectivity index (χ3n) is 2.63. The van der Waals surface area contributed by atoms with Crippen LogP contribution in [0.4, 0.5) is 0 Å². The minimum atomic E-state index is -0.0539. The molecule has 0 saturated heterocycles. The fraction of sp³-hybridized carbons (Fsp3) is 0.500. The molecule has 0 radical (unpaired) electrons. The number of amides is 1. The molecule has 0 aliphatic carbocycles. The molecule has 0 spiro atoms. The Morgan fingerprint density at radius 2 is 1.74 bits per heavy atom. The molecular formula is C14H22N2O3. The van der Waals surface area contributed by atoms with Crippen LogP contribution in [0.25, 0.3) is 0 Å². The monoisotopic (exact) mass is 266 g/mol. The molecule has 0 atom stereocenters. The van der Waals surface area contributed by atoms with Gasteiger partial charge in [0.05, 0.1) is 6.61 Å². The largest absolute Gasteiger partial charge is 0.494 e. The minimum Gasteiger partial charge on any atom is -0.494 e. The number of nitrogens with zero attached hydrogens (tertiary/aromatic N) is 1. The zero-order valence-electron chi connectivity index (χ0n) is 11.6. The highest BCUT2D eigenvalue weighted by Crippen LogP contribution is 2.17. The summed E-state index contributed by atoms with van der Waals surface area (Å²) < 4.78 is 10.8. The second kappa shape index (κ2) is 8.37. The third kappa shape index (κ3) is 5.18. The van der Waals surface area contributed by atoms with Crippen LogP contribution in [0, 0.1) is 0 Å². The Morgan fingerprint density at radius 3 is 2.21 bits per heavy atom. The quantitative estimate of drug-likeness (QED) is 0.769. The summed E-state index contributed by atoms with van der Waals surface area (Å²) in [6, 6.07) is 7.22. The highest BCUT2D eigenvalue weighted by molar-refractivity contribution is 5.77. The maximum Gasteiger partial charge on any atom is 0.260 e. The van der Waals surface area contributed by atoms with E-state index in [0.29, 0.717) is 32.0 Å². The fourth-order valence-corrected chi connectivity index (χ4v) is 1.65. The molecule has 1 aromatic rings. The van der Waals surface area contributed by atoms with Crippen LogP contribution in [-0.2, 0) is 4.79 Å². The number of benzene rings is 1. The standard InChI is InChI=1S/C14H22N2O3/c1-3-16(10-9-15)14(17)11-19-13-7-5-12(6-8-13)18-4-2/h5-8H,3-4,9-11,15H2,1-2H3. The molecule has 0 saturated carbocycles. The van der Waals surface area contributed by atoms with Crippen LogP contribution in [0.1, 0.15) is 13.8 Å². The number of ether oxygens (including phenoxy) is 2. The lowest BCUT2D eigenvalue weighted by atomic mass is 10.3. The van der Waals surface area contributed by atoms with Gasteiger partial charge in [-0.05, 0) is 38.1 Å². The average Bonchev–Trinajstić information content (AvgIpc) is 2.44. The van der Waals surface area contributed by atoms with Crippen molar-refractivity contribution in [2.75, 3.05) is 32.8 Å². The van der Waals surface area contributed by atoms with Crippen molar-refractivity contribution >= 4 is 5.91 Å². The zero-order chi connectivity index (χ0) is 14.1. The van der Waals surface area contributed by atoms with Crippen LogP contribution in [0.2, 0.25) is 0 Å². The van der Waals surface area contributed by atoms with E-state index in [9.17, 15) is 4.79 Å². The normalized spacial score (nSPS) is 10.1. The van der Waals surface area contributed by atoms with Crippen molar-refractivity contribution in [2.45, 2.75) is 13.8 Å². The molecule has 106 valence electrons. The van der Waals surface area contributed by atoms with Crippen LogP contribution in [0.5, 0.6) is 11.5 Å². The van der Waals surface area contributed by atoms with Crippen molar-refractivity contribution in [3.8, 4) is 11.5 Å². The summed E-state index contributed by atoms with van der Waals surface area (Å²) in [6.45, 7) is 6.17. The molecule has 0 unspecified atom stereocenters. The number of nitrogens with two attached hydrogens (primary N) is 1. The first-order chi connectivity index (χ1) is 9.21.